The van der Waals surface area contributed by atoms with Crippen molar-refractivity contribution in [2.24, 2.45) is 0 Å². The topological polar surface area (TPSA) is 69.0 Å². The number of hydrogen-bond acceptors (Lipinski definition) is 4. The van der Waals surface area contributed by atoms with E-state index in [1.54, 1.807) is 17.2 Å². The largest absolute Gasteiger partial charge is 0.482 e. The molecule has 0 aliphatic carbocycles. The zero-order chi connectivity index (χ0) is 16.1. The Labute approximate surface area is 133 Å². The first-order valence-electron chi connectivity index (χ1n) is 7.16. The molecule has 0 saturated heterocycles. The monoisotopic (exact) mass is 308 g/mol. The van der Waals surface area contributed by atoms with E-state index in [1.807, 2.05) is 55.5 Å². The Hall–Kier alpha value is -3.15. The molecule has 1 aromatic heterocycles. The highest BCUT2D eigenvalue weighted by atomic mass is 16.5. The number of hydrogen-bond donors (Lipinski definition) is 1. The van der Waals surface area contributed by atoms with E-state index in [4.69, 9.17) is 4.74 Å². The van der Waals surface area contributed by atoms with Gasteiger partial charge >= 0.3 is 0 Å². The molecule has 0 radical (unpaired) electrons. The highest BCUT2D eigenvalue weighted by molar-refractivity contribution is 5.91. The number of nitrogens with one attached hydrogen (secondary N) is 1. The normalized spacial score (nSPS) is 10.3. The Morgan fingerprint density at radius 3 is 2.61 bits per heavy atom. The van der Waals surface area contributed by atoms with Crippen LogP contribution in [0.5, 0.6) is 5.75 Å². The Kier molecular flexibility index (Phi) is 4.33. The minimum atomic E-state index is -0.216. The Morgan fingerprint density at radius 1 is 1.13 bits per heavy atom. The van der Waals surface area contributed by atoms with Crippen LogP contribution >= 0.6 is 0 Å². The fourth-order valence-electron chi connectivity index (χ4n) is 2.14. The zero-order valence-corrected chi connectivity index (χ0v) is 12.6. The van der Waals surface area contributed by atoms with E-state index in [0.717, 1.165) is 16.9 Å². The SMILES string of the molecule is Cc1ccc(OCC(=O)Nc2ccccc2)c(-n2cnnc2)c1. The summed E-state index contributed by atoms with van der Waals surface area (Å²) in [5.74, 6) is 0.380. The molecule has 116 valence electrons. The van der Waals surface area contributed by atoms with Crippen molar-refractivity contribution < 1.29 is 9.53 Å². The minimum absolute atomic E-state index is 0.0763. The summed E-state index contributed by atoms with van der Waals surface area (Å²) in [6.07, 6.45) is 3.18. The summed E-state index contributed by atoms with van der Waals surface area (Å²) >= 11 is 0. The average Bonchev–Trinajstić information content (AvgIpc) is 3.09. The van der Waals surface area contributed by atoms with Gasteiger partial charge in [-0.25, -0.2) is 0 Å². The van der Waals surface area contributed by atoms with E-state index in [1.165, 1.54) is 0 Å². The number of amides is 1. The van der Waals surface area contributed by atoms with Crippen molar-refractivity contribution in [2.45, 2.75) is 6.92 Å². The number of aromatic nitrogens is 3. The summed E-state index contributed by atoms with van der Waals surface area (Å²) in [7, 11) is 0. The second kappa shape index (κ2) is 6.74. The first-order chi connectivity index (χ1) is 11.2. The molecule has 0 fully saturated rings. The van der Waals surface area contributed by atoms with E-state index < -0.39 is 0 Å². The first kappa shape index (κ1) is 14.8. The number of anilines is 1. The smallest absolute Gasteiger partial charge is 0.262 e. The molecule has 0 aliphatic rings. The predicted molar refractivity (Wildman–Crippen MR) is 86.7 cm³/mol. The standard InChI is InChI=1S/C17H16N4O2/c1-13-7-8-16(15(9-13)21-11-18-19-12-21)23-10-17(22)20-14-5-3-2-4-6-14/h2-9,11-12H,10H2,1H3,(H,20,22). The van der Waals surface area contributed by atoms with Crippen molar-refractivity contribution in [3.63, 3.8) is 0 Å². The summed E-state index contributed by atoms with van der Waals surface area (Å²) < 4.78 is 7.41. The Morgan fingerprint density at radius 2 is 1.87 bits per heavy atom. The molecule has 2 aromatic carbocycles. The van der Waals surface area contributed by atoms with Gasteiger partial charge in [-0.15, -0.1) is 10.2 Å². The van der Waals surface area contributed by atoms with Crippen LogP contribution < -0.4 is 10.1 Å². The number of aryl methyl sites for hydroxylation is 1. The molecule has 0 saturated carbocycles. The maximum absolute atomic E-state index is 12.0. The number of rotatable bonds is 5. The van der Waals surface area contributed by atoms with Crippen LogP contribution in [-0.2, 0) is 4.79 Å². The lowest BCUT2D eigenvalue weighted by molar-refractivity contribution is -0.118. The fraction of sp³-hybridized carbons (Fsp3) is 0.118. The number of benzene rings is 2. The third-order valence-corrected chi connectivity index (χ3v) is 3.23. The van der Waals surface area contributed by atoms with Gasteiger partial charge < -0.3 is 10.1 Å². The molecule has 3 aromatic rings. The molecule has 3 rings (SSSR count). The maximum Gasteiger partial charge on any atom is 0.262 e. The second-order valence-corrected chi connectivity index (χ2v) is 5.04. The molecule has 1 N–H and O–H groups in total. The Bertz CT molecular complexity index is 786. The molecule has 6 heteroatoms. The highest BCUT2D eigenvalue weighted by Gasteiger charge is 2.09. The summed E-state index contributed by atoms with van der Waals surface area (Å²) in [6.45, 7) is 1.91. The maximum atomic E-state index is 12.0. The third kappa shape index (κ3) is 3.74. The highest BCUT2D eigenvalue weighted by Crippen LogP contribution is 2.23. The van der Waals surface area contributed by atoms with E-state index in [-0.39, 0.29) is 12.5 Å². The van der Waals surface area contributed by atoms with E-state index >= 15 is 0 Å². The lowest BCUT2D eigenvalue weighted by atomic mass is 10.2. The molecule has 6 nitrogen and oxygen atoms in total. The number of para-hydroxylation sites is 1. The van der Waals surface area contributed by atoms with Crippen molar-refractivity contribution >= 4 is 11.6 Å². The van der Waals surface area contributed by atoms with Gasteiger partial charge in [0.1, 0.15) is 18.4 Å². The van der Waals surface area contributed by atoms with Gasteiger partial charge in [-0.1, -0.05) is 24.3 Å². The van der Waals surface area contributed by atoms with Crippen LogP contribution in [0.15, 0.2) is 61.2 Å². The van der Waals surface area contributed by atoms with Gasteiger partial charge in [0, 0.05) is 5.69 Å². The van der Waals surface area contributed by atoms with Crippen molar-refractivity contribution in [3.8, 4) is 11.4 Å². The average molecular weight is 308 g/mol. The molecule has 0 spiro atoms. The summed E-state index contributed by atoms with van der Waals surface area (Å²) in [5.41, 5.74) is 2.61. The van der Waals surface area contributed by atoms with Crippen molar-refractivity contribution in [1.82, 2.24) is 14.8 Å². The molecular formula is C17H16N4O2. The van der Waals surface area contributed by atoms with E-state index in [9.17, 15) is 4.79 Å². The van der Waals surface area contributed by atoms with Gasteiger partial charge in [0.05, 0.1) is 5.69 Å². The first-order valence-corrected chi connectivity index (χ1v) is 7.16. The second-order valence-electron chi connectivity index (χ2n) is 5.04. The van der Waals surface area contributed by atoms with Gasteiger partial charge in [-0.05, 0) is 36.8 Å². The molecule has 1 amide bonds. The van der Waals surface area contributed by atoms with Gasteiger partial charge in [0.25, 0.3) is 5.91 Å². The van der Waals surface area contributed by atoms with E-state index in [2.05, 4.69) is 15.5 Å². The van der Waals surface area contributed by atoms with Gasteiger partial charge in [0.15, 0.2) is 6.61 Å². The lowest BCUT2D eigenvalue weighted by Gasteiger charge is -2.12. The molecule has 1 heterocycles. The van der Waals surface area contributed by atoms with Crippen LogP contribution in [0, 0.1) is 6.92 Å². The lowest BCUT2D eigenvalue weighted by Crippen LogP contribution is -2.20. The third-order valence-electron chi connectivity index (χ3n) is 3.23. The zero-order valence-electron chi connectivity index (χ0n) is 12.6. The molecule has 0 aliphatic heterocycles. The van der Waals surface area contributed by atoms with Gasteiger partial charge in [0.2, 0.25) is 0 Å². The van der Waals surface area contributed by atoms with Crippen LogP contribution in [0.4, 0.5) is 5.69 Å². The Balaban J connectivity index is 1.70. The van der Waals surface area contributed by atoms with Crippen LogP contribution in [0.1, 0.15) is 5.56 Å². The van der Waals surface area contributed by atoms with Crippen molar-refractivity contribution in [2.75, 3.05) is 11.9 Å². The number of nitrogens with zero attached hydrogens (tertiary/aromatic N) is 3. The van der Waals surface area contributed by atoms with Gasteiger partial charge in [-0.2, -0.15) is 0 Å². The minimum Gasteiger partial charge on any atom is -0.482 e. The summed E-state index contributed by atoms with van der Waals surface area (Å²) in [4.78, 5) is 12.0. The number of carbonyl (C=O) groups is 1. The van der Waals surface area contributed by atoms with Gasteiger partial charge in [-0.3, -0.25) is 9.36 Å². The van der Waals surface area contributed by atoms with Crippen molar-refractivity contribution in [1.29, 1.82) is 0 Å². The quantitative estimate of drug-likeness (QED) is 0.786. The number of carbonyl (C=O) groups excluding carboxylic acids is 1. The molecule has 0 atom stereocenters. The van der Waals surface area contributed by atoms with Crippen molar-refractivity contribution in [3.05, 3.63) is 66.7 Å². The van der Waals surface area contributed by atoms with Crippen LogP contribution in [0.2, 0.25) is 0 Å². The van der Waals surface area contributed by atoms with Crippen LogP contribution in [0.3, 0.4) is 0 Å². The molecule has 0 unspecified atom stereocenters. The predicted octanol–water partition coefficient (Wildman–Crippen LogP) is 2.59. The fourth-order valence-corrected chi connectivity index (χ4v) is 2.14. The molecule has 23 heavy (non-hydrogen) atoms. The summed E-state index contributed by atoms with van der Waals surface area (Å²) in [6, 6.07) is 15.0. The molecular weight excluding hydrogens is 292 g/mol. The van der Waals surface area contributed by atoms with Crippen LogP contribution in [-0.4, -0.2) is 27.3 Å². The van der Waals surface area contributed by atoms with E-state index in [0.29, 0.717) is 5.75 Å². The summed E-state index contributed by atoms with van der Waals surface area (Å²) in [5, 5.41) is 10.4. The molecule has 0 bridgehead atoms. The van der Waals surface area contributed by atoms with Crippen LogP contribution in [0.25, 0.3) is 5.69 Å². The number of ether oxygens (including phenoxy) is 1.